The van der Waals surface area contributed by atoms with E-state index in [4.69, 9.17) is 4.74 Å². The molecule has 1 N–H and O–H groups in total. The second-order valence-electron chi connectivity index (χ2n) is 5.30. The molecule has 5 nitrogen and oxygen atoms in total. The molecule has 1 saturated heterocycles. The van der Waals surface area contributed by atoms with Gasteiger partial charge in [0.2, 0.25) is 0 Å². The van der Waals surface area contributed by atoms with Crippen LogP contribution in [0.5, 0.6) is 5.75 Å². The van der Waals surface area contributed by atoms with Gasteiger partial charge in [0.1, 0.15) is 5.75 Å². The number of ether oxygens (including phenoxy) is 1. The molecule has 0 saturated carbocycles. The van der Waals surface area contributed by atoms with E-state index in [1.807, 2.05) is 17.8 Å². The molecular weight excluding hydrogens is 276 g/mol. The number of methoxy groups -OCH3 is 1. The molecule has 1 aliphatic heterocycles. The molecule has 110 valence electrons. The summed E-state index contributed by atoms with van der Waals surface area (Å²) in [6, 6.07) is 4.88. The maximum absolute atomic E-state index is 10.9. The molecule has 0 bridgehead atoms. The first-order chi connectivity index (χ1) is 9.52. The number of hydrogen-bond acceptors (Lipinski definition) is 5. The quantitative estimate of drug-likeness (QED) is 0.646. The molecule has 0 amide bonds. The Hall–Kier alpha value is -1.27. The molecule has 1 fully saturated rings. The number of thioether (sulfide) groups is 1. The smallest absolute Gasteiger partial charge is 0.273 e. The molecule has 0 radical (unpaired) electrons. The van der Waals surface area contributed by atoms with Crippen LogP contribution in [0.25, 0.3) is 0 Å². The van der Waals surface area contributed by atoms with Gasteiger partial charge in [-0.25, -0.2) is 0 Å². The van der Waals surface area contributed by atoms with Gasteiger partial charge in [-0.15, -0.1) is 0 Å². The van der Waals surface area contributed by atoms with Gasteiger partial charge in [0.05, 0.1) is 18.1 Å². The largest absolute Gasteiger partial charge is 0.496 e. The van der Waals surface area contributed by atoms with Crippen molar-refractivity contribution in [3.63, 3.8) is 0 Å². The Morgan fingerprint density at radius 3 is 2.90 bits per heavy atom. The highest BCUT2D eigenvalue weighted by molar-refractivity contribution is 8.00. The van der Waals surface area contributed by atoms with Crippen molar-refractivity contribution >= 4 is 17.4 Å². The van der Waals surface area contributed by atoms with E-state index in [9.17, 15) is 10.1 Å². The van der Waals surface area contributed by atoms with Crippen molar-refractivity contribution in [2.24, 2.45) is 0 Å². The average Bonchev–Trinajstić information content (AvgIpc) is 2.85. The summed E-state index contributed by atoms with van der Waals surface area (Å²) in [5.74, 6) is 1.75. The van der Waals surface area contributed by atoms with Crippen LogP contribution < -0.4 is 10.1 Å². The molecule has 20 heavy (non-hydrogen) atoms. The average molecular weight is 296 g/mol. The maximum atomic E-state index is 10.9. The predicted octanol–water partition coefficient (Wildman–Crippen LogP) is 2.98. The fourth-order valence-corrected chi connectivity index (χ4v) is 3.69. The first-order valence-electron chi connectivity index (χ1n) is 6.69. The fourth-order valence-electron chi connectivity index (χ4n) is 2.42. The standard InChI is InChI=1S/C14H20N2O3S/c1-14(4-3-5-20-14)10-15-9-11-6-12(16(17)18)8-13(7-11)19-2/h6-8,15H,3-5,9-10H2,1-2H3. The fraction of sp³-hybridized carbons (Fsp3) is 0.571. The van der Waals surface area contributed by atoms with E-state index in [0.717, 1.165) is 12.1 Å². The molecule has 1 heterocycles. The van der Waals surface area contributed by atoms with Crippen LogP contribution in [0.1, 0.15) is 25.3 Å². The second kappa shape index (κ2) is 6.45. The number of rotatable bonds is 6. The van der Waals surface area contributed by atoms with E-state index in [2.05, 4.69) is 12.2 Å². The molecule has 1 aromatic rings. The van der Waals surface area contributed by atoms with Crippen molar-refractivity contribution in [3.8, 4) is 5.75 Å². The predicted molar refractivity (Wildman–Crippen MR) is 81.5 cm³/mol. The van der Waals surface area contributed by atoms with Gasteiger partial charge in [0, 0.05) is 23.9 Å². The van der Waals surface area contributed by atoms with Gasteiger partial charge >= 0.3 is 0 Å². The number of non-ortho nitro benzene ring substituents is 1. The first kappa shape index (κ1) is 15.1. The Morgan fingerprint density at radius 2 is 2.30 bits per heavy atom. The highest BCUT2D eigenvalue weighted by Gasteiger charge is 2.28. The Labute approximate surface area is 123 Å². The summed E-state index contributed by atoms with van der Waals surface area (Å²) < 4.78 is 5.41. The minimum Gasteiger partial charge on any atom is -0.496 e. The number of hydrogen-bond donors (Lipinski definition) is 1. The van der Waals surface area contributed by atoms with E-state index < -0.39 is 0 Å². The number of benzene rings is 1. The second-order valence-corrected chi connectivity index (χ2v) is 6.98. The number of nitrogens with one attached hydrogen (secondary N) is 1. The summed E-state index contributed by atoms with van der Waals surface area (Å²) >= 11 is 2.00. The van der Waals surface area contributed by atoms with Crippen LogP contribution >= 0.6 is 11.8 Å². The van der Waals surface area contributed by atoms with Crippen LogP contribution in [-0.4, -0.2) is 29.1 Å². The molecule has 0 aromatic heterocycles. The lowest BCUT2D eigenvalue weighted by Crippen LogP contribution is -2.32. The van der Waals surface area contributed by atoms with Crippen molar-refractivity contribution in [1.29, 1.82) is 0 Å². The number of nitro groups is 1. The van der Waals surface area contributed by atoms with Crippen LogP contribution in [-0.2, 0) is 6.54 Å². The lowest BCUT2D eigenvalue weighted by molar-refractivity contribution is -0.385. The summed E-state index contributed by atoms with van der Waals surface area (Å²) in [6.07, 6.45) is 2.50. The molecule has 1 unspecified atom stereocenters. The molecule has 1 aromatic carbocycles. The van der Waals surface area contributed by atoms with Crippen molar-refractivity contribution < 1.29 is 9.66 Å². The highest BCUT2D eigenvalue weighted by atomic mass is 32.2. The van der Waals surface area contributed by atoms with Crippen molar-refractivity contribution in [1.82, 2.24) is 5.32 Å². The Morgan fingerprint density at radius 1 is 1.50 bits per heavy atom. The zero-order valence-corrected chi connectivity index (χ0v) is 12.7. The van der Waals surface area contributed by atoms with Crippen molar-refractivity contribution in [2.45, 2.75) is 31.1 Å². The van der Waals surface area contributed by atoms with Crippen LogP contribution in [0.2, 0.25) is 0 Å². The molecule has 0 aliphatic carbocycles. The van der Waals surface area contributed by atoms with E-state index in [0.29, 0.717) is 17.0 Å². The number of nitrogens with zero attached hydrogens (tertiary/aromatic N) is 1. The molecular formula is C14H20N2O3S. The summed E-state index contributed by atoms with van der Waals surface area (Å²) in [4.78, 5) is 10.5. The monoisotopic (exact) mass is 296 g/mol. The van der Waals surface area contributed by atoms with Crippen LogP contribution in [0.4, 0.5) is 5.69 Å². The van der Waals surface area contributed by atoms with Gasteiger partial charge in [0.25, 0.3) is 5.69 Å². The molecule has 2 rings (SSSR count). The minimum absolute atomic E-state index is 0.0719. The molecule has 1 aliphatic rings. The van der Waals surface area contributed by atoms with E-state index in [1.165, 1.54) is 31.8 Å². The van der Waals surface area contributed by atoms with E-state index in [-0.39, 0.29) is 10.6 Å². The topological polar surface area (TPSA) is 64.4 Å². The van der Waals surface area contributed by atoms with Gasteiger partial charge < -0.3 is 10.1 Å². The summed E-state index contributed by atoms with van der Waals surface area (Å²) in [6.45, 7) is 3.81. The Kier molecular flexibility index (Phi) is 4.88. The van der Waals surface area contributed by atoms with Crippen LogP contribution in [0.3, 0.4) is 0 Å². The zero-order valence-electron chi connectivity index (χ0n) is 11.8. The summed E-state index contributed by atoms with van der Waals surface area (Å²) in [7, 11) is 1.52. The third-order valence-electron chi connectivity index (χ3n) is 3.53. The number of nitro benzene ring substituents is 1. The normalized spacial score (nSPS) is 21.9. The van der Waals surface area contributed by atoms with Gasteiger partial charge in [-0.3, -0.25) is 10.1 Å². The van der Waals surface area contributed by atoms with Crippen molar-refractivity contribution in [2.75, 3.05) is 19.4 Å². The van der Waals surface area contributed by atoms with Crippen LogP contribution in [0, 0.1) is 10.1 Å². The SMILES string of the molecule is COc1cc(CNCC2(C)CCCS2)cc([N+](=O)[O-])c1. The van der Waals surface area contributed by atoms with Crippen LogP contribution in [0.15, 0.2) is 18.2 Å². The highest BCUT2D eigenvalue weighted by Crippen LogP contribution is 2.37. The van der Waals surface area contributed by atoms with Gasteiger partial charge in [-0.05, 0) is 37.1 Å². The minimum atomic E-state index is -0.389. The van der Waals surface area contributed by atoms with Gasteiger partial charge in [-0.2, -0.15) is 11.8 Å². The Balaban J connectivity index is 1.98. The molecule has 0 spiro atoms. The van der Waals surface area contributed by atoms with E-state index in [1.54, 1.807) is 6.07 Å². The van der Waals surface area contributed by atoms with Gasteiger partial charge in [0.15, 0.2) is 0 Å². The van der Waals surface area contributed by atoms with E-state index >= 15 is 0 Å². The summed E-state index contributed by atoms with van der Waals surface area (Å²) in [5, 5.41) is 14.3. The van der Waals surface area contributed by atoms with Crippen molar-refractivity contribution in [3.05, 3.63) is 33.9 Å². The molecule has 6 heteroatoms. The molecule has 1 atom stereocenters. The maximum Gasteiger partial charge on any atom is 0.273 e. The first-order valence-corrected chi connectivity index (χ1v) is 7.68. The third-order valence-corrected chi connectivity index (χ3v) is 5.06. The van der Waals surface area contributed by atoms with Gasteiger partial charge in [-0.1, -0.05) is 0 Å². The summed E-state index contributed by atoms with van der Waals surface area (Å²) in [5.41, 5.74) is 0.949. The lowest BCUT2D eigenvalue weighted by atomic mass is 10.1. The third kappa shape index (κ3) is 3.86. The lowest BCUT2D eigenvalue weighted by Gasteiger charge is -2.23. The zero-order chi connectivity index (χ0) is 14.6. The Bertz CT molecular complexity index is 487.